The van der Waals surface area contributed by atoms with Crippen molar-refractivity contribution in [3.8, 4) is 0 Å². The van der Waals surface area contributed by atoms with Crippen molar-refractivity contribution in [2.24, 2.45) is 5.73 Å². The minimum Gasteiger partial charge on any atom is -0.330 e. The van der Waals surface area contributed by atoms with Gasteiger partial charge in [0.25, 0.3) is 0 Å². The summed E-state index contributed by atoms with van der Waals surface area (Å²) in [6.45, 7) is 0.385. The number of rotatable bonds is 5. The molecule has 0 saturated heterocycles. The molecule has 0 atom stereocenters. The number of benzene rings is 1. The molecule has 1 aromatic carbocycles. The van der Waals surface area contributed by atoms with E-state index in [4.69, 9.17) is 5.73 Å². The molecule has 0 spiro atoms. The first kappa shape index (κ1) is 11.0. The Bertz CT molecular complexity index is 362. The molecule has 14 heavy (non-hydrogen) atoms. The van der Waals surface area contributed by atoms with Gasteiger partial charge in [-0.05, 0) is 25.1 Å². The molecule has 1 aromatic rings. The van der Waals surface area contributed by atoms with E-state index in [1.54, 1.807) is 24.3 Å². The fourth-order valence-corrected chi connectivity index (χ4v) is 2.15. The summed E-state index contributed by atoms with van der Waals surface area (Å²) in [6.07, 6.45) is 0.474. The number of nitrogens with one attached hydrogen (secondary N) is 1. The van der Waals surface area contributed by atoms with Crippen LogP contribution in [0.4, 0.5) is 5.69 Å². The van der Waals surface area contributed by atoms with Gasteiger partial charge in [-0.15, -0.1) is 0 Å². The Balaban J connectivity index is 2.60. The van der Waals surface area contributed by atoms with Crippen LogP contribution < -0.4 is 10.5 Å². The maximum atomic E-state index is 11.4. The highest BCUT2D eigenvalue weighted by Gasteiger charge is 2.08. The second-order valence-corrected chi connectivity index (χ2v) is 4.77. The molecule has 0 amide bonds. The summed E-state index contributed by atoms with van der Waals surface area (Å²) in [5.74, 6) is 0.0679. The van der Waals surface area contributed by atoms with Gasteiger partial charge in [0.1, 0.15) is 0 Å². The van der Waals surface area contributed by atoms with E-state index in [1.165, 1.54) is 0 Å². The second kappa shape index (κ2) is 4.97. The largest absolute Gasteiger partial charge is 0.330 e. The monoisotopic (exact) mass is 214 g/mol. The van der Waals surface area contributed by atoms with Gasteiger partial charge in [0.15, 0.2) is 0 Å². The van der Waals surface area contributed by atoms with E-state index < -0.39 is 10.0 Å². The van der Waals surface area contributed by atoms with E-state index in [0.717, 1.165) is 0 Å². The third-order valence-corrected chi connectivity index (χ3v) is 3.04. The average molecular weight is 214 g/mol. The van der Waals surface area contributed by atoms with Gasteiger partial charge in [0.2, 0.25) is 10.0 Å². The van der Waals surface area contributed by atoms with Crippen LogP contribution in [0, 0.1) is 0 Å². The predicted octanol–water partition coefficient (Wildman–Crippen LogP) is 0.777. The Kier molecular flexibility index (Phi) is 3.91. The lowest BCUT2D eigenvalue weighted by Crippen LogP contribution is -2.18. The highest BCUT2D eigenvalue weighted by atomic mass is 32.2. The lowest BCUT2D eigenvalue weighted by Gasteiger charge is -2.06. The van der Waals surface area contributed by atoms with Gasteiger partial charge >= 0.3 is 0 Å². The molecular formula is C9H14N2O2S. The van der Waals surface area contributed by atoms with Gasteiger partial charge in [0.05, 0.1) is 5.75 Å². The zero-order valence-electron chi connectivity index (χ0n) is 7.81. The summed E-state index contributed by atoms with van der Waals surface area (Å²) in [5, 5.41) is 0. The molecule has 0 fully saturated rings. The molecule has 0 heterocycles. The van der Waals surface area contributed by atoms with Crippen LogP contribution in [0.1, 0.15) is 6.42 Å². The van der Waals surface area contributed by atoms with E-state index in [1.807, 2.05) is 6.07 Å². The number of sulfonamides is 1. The van der Waals surface area contributed by atoms with Gasteiger partial charge in [-0.25, -0.2) is 8.42 Å². The van der Waals surface area contributed by atoms with Gasteiger partial charge in [0, 0.05) is 5.69 Å². The Hall–Kier alpha value is -1.07. The number of nitrogens with two attached hydrogens (primary N) is 1. The summed E-state index contributed by atoms with van der Waals surface area (Å²) >= 11 is 0. The van der Waals surface area contributed by atoms with Crippen LogP contribution in [0.2, 0.25) is 0 Å². The summed E-state index contributed by atoms with van der Waals surface area (Å²) in [4.78, 5) is 0. The molecule has 1 rings (SSSR count). The topological polar surface area (TPSA) is 72.2 Å². The lowest BCUT2D eigenvalue weighted by atomic mass is 10.3. The highest BCUT2D eigenvalue weighted by Crippen LogP contribution is 2.07. The van der Waals surface area contributed by atoms with Gasteiger partial charge in [-0.2, -0.15) is 0 Å². The van der Waals surface area contributed by atoms with Crippen LogP contribution >= 0.6 is 0 Å². The van der Waals surface area contributed by atoms with Crippen molar-refractivity contribution >= 4 is 15.7 Å². The summed E-state index contributed by atoms with van der Waals surface area (Å²) in [7, 11) is -3.23. The summed E-state index contributed by atoms with van der Waals surface area (Å²) < 4.78 is 25.3. The second-order valence-electron chi connectivity index (χ2n) is 2.93. The van der Waals surface area contributed by atoms with Crippen molar-refractivity contribution < 1.29 is 8.42 Å². The maximum absolute atomic E-state index is 11.4. The first-order valence-electron chi connectivity index (χ1n) is 4.40. The zero-order chi connectivity index (χ0) is 10.4. The smallest absolute Gasteiger partial charge is 0.232 e. The highest BCUT2D eigenvalue weighted by molar-refractivity contribution is 7.92. The third-order valence-electron chi connectivity index (χ3n) is 1.66. The normalized spacial score (nSPS) is 11.2. The van der Waals surface area contributed by atoms with Crippen LogP contribution in [0.3, 0.4) is 0 Å². The van der Waals surface area contributed by atoms with Crippen molar-refractivity contribution in [2.75, 3.05) is 17.0 Å². The van der Waals surface area contributed by atoms with Crippen molar-refractivity contribution in [2.45, 2.75) is 6.42 Å². The Labute approximate surface area is 84.2 Å². The quantitative estimate of drug-likeness (QED) is 0.760. The van der Waals surface area contributed by atoms with Crippen molar-refractivity contribution in [1.82, 2.24) is 0 Å². The summed E-state index contributed by atoms with van der Waals surface area (Å²) in [6, 6.07) is 8.80. The Morgan fingerprint density at radius 1 is 1.21 bits per heavy atom. The van der Waals surface area contributed by atoms with E-state index in [2.05, 4.69) is 4.72 Å². The number of hydrogen-bond donors (Lipinski definition) is 2. The van der Waals surface area contributed by atoms with E-state index in [9.17, 15) is 8.42 Å². The van der Waals surface area contributed by atoms with Crippen LogP contribution in [-0.4, -0.2) is 20.7 Å². The molecule has 0 radical (unpaired) electrons. The van der Waals surface area contributed by atoms with Crippen molar-refractivity contribution in [3.05, 3.63) is 30.3 Å². The predicted molar refractivity (Wildman–Crippen MR) is 57.5 cm³/mol. The first-order valence-corrected chi connectivity index (χ1v) is 6.05. The standard InChI is InChI=1S/C9H14N2O2S/c10-7-4-8-14(12,13)11-9-5-2-1-3-6-9/h1-3,5-6,11H,4,7-8,10H2. The molecule has 0 bridgehead atoms. The van der Waals surface area contributed by atoms with E-state index >= 15 is 0 Å². The zero-order valence-corrected chi connectivity index (χ0v) is 8.63. The number of hydrogen-bond acceptors (Lipinski definition) is 3. The van der Waals surface area contributed by atoms with Crippen molar-refractivity contribution in [3.63, 3.8) is 0 Å². The fourth-order valence-electron chi connectivity index (χ4n) is 1.01. The molecule has 0 aliphatic carbocycles. The van der Waals surface area contributed by atoms with Gasteiger partial charge in [-0.1, -0.05) is 18.2 Å². The SMILES string of the molecule is NCCCS(=O)(=O)Nc1ccccc1. The van der Waals surface area contributed by atoms with Crippen LogP contribution in [0.5, 0.6) is 0 Å². The summed E-state index contributed by atoms with van der Waals surface area (Å²) in [5.41, 5.74) is 5.82. The van der Waals surface area contributed by atoms with Gasteiger partial charge in [-0.3, -0.25) is 4.72 Å². The van der Waals surface area contributed by atoms with Crippen molar-refractivity contribution in [1.29, 1.82) is 0 Å². The molecule has 3 N–H and O–H groups in total. The average Bonchev–Trinajstić information content (AvgIpc) is 2.16. The van der Waals surface area contributed by atoms with Gasteiger partial charge < -0.3 is 5.73 Å². The number of anilines is 1. The molecule has 5 heteroatoms. The molecular weight excluding hydrogens is 200 g/mol. The van der Waals surface area contributed by atoms with Crippen LogP contribution in [0.25, 0.3) is 0 Å². The molecule has 0 aromatic heterocycles. The molecule has 0 saturated carbocycles. The molecule has 0 aliphatic heterocycles. The maximum Gasteiger partial charge on any atom is 0.232 e. The molecule has 0 aliphatic rings. The molecule has 0 unspecified atom stereocenters. The molecule has 78 valence electrons. The third kappa shape index (κ3) is 3.76. The van der Waals surface area contributed by atoms with Crippen LogP contribution in [0.15, 0.2) is 30.3 Å². The Morgan fingerprint density at radius 2 is 1.86 bits per heavy atom. The minimum atomic E-state index is -3.23. The van der Waals surface area contributed by atoms with E-state index in [0.29, 0.717) is 18.7 Å². The number of para-hydroxylation sites is 1. The molecule has 4 nitrogen and oxygen atoms in total. The van der Waals surface area contributed by atoms with E-state index in [-0.39, 0.29) is 5.75 Å². The minimum absolute atomic E-state index is 0.0679. The first-order chi connectivity index (χ1) is 6.64. The lowest BCUT2D eigenvalue weighted by molar-refractivity contribution is 0.599. The van der Waals surface area contributed by atoms with Crippen LogP contribution in [-0.2, 0) is 10.0 Å². The Morgan fingerprint density at radius 3 is 2.43 bits per heavy atom. The fraction of sp³-hybridized carbons (Fsp3) is 0.333.